The van der Waals surface area contributed by atoms with Gasteiger partial charge in [0.15, 0.2) is 0 Å². The highest BCUT2D eigenvalue weighted by atomic mass is 16.5. The van der Waals surface area contributed by atoms with E-state index >= 15 is 0 Å². The summed E-state index contributed by atoms with van der Waals surface area (Å²) in [6.45, 7) is 14.9. The Morgan fingerprint density at radius 1 is 0.796 bits per heavy atom. The standard InChI is InChI=1S/C41H78N4O4/c1-5-6-7-8-9-10-23-45-38(46)17-14-30(2)33-15-16-34-39-35(29-37(41(33,34)4)49-26-13-22-44)40(3)19-18-32(47-24-11-20-42)27-31(40)28-36(39)48-25-12-21-43/h30-37,39H,5-29,42-44H2,1-4H3,(H,45,46)/t30-,31?,32-,33-,34+,35+,36?,37+,39?,40+,41-/m1/s1. The maximum Gasteiger partial charge on any atom is 0.220 e. The summed E-state index contributed by atoms with van der Waals surface area (Å²) in [4.78, 5) is 12.9. The Hall–Kier alpha value is -0.770. The topological polar surface area (TPSA) is 135 Å². The molecule has 4 rings (SSSR count). The van der Waals surface area contributed by atoms with Gasteiger partial charge in [-0.1, -0.05) is 59.8 Å². The number of nitrogens with one attached hydrogen (secondary N) is 1. The van der Waals surface area contributed by atoms with Crippen LogP contribution in [0.25, 0.3) is 0 Å². The average molecular weight is 691 g/mol. The molecule has 0 heterocycles. The third kappa shape index (κ3) is 10.2. The molecule has 0 spiro atoms. The van der Waals surface area contributed by atoms with E-state index in [4.69, 9.17) is 31.4 Å². The van der Waals surface area contributed by atoms with Gasteiger partial charge in [0.05, 0.1) is 18.3 Å². The van der Waals surface area contributed by atoms with E-state index in [0.29, 0.717) is 67.7 Å². The molecule has 7 N–H and O–H groups in total. The van der Waals surface area contributed by atoms with Crippen LogP contribution in [0.15, 0.2) is 0 Å². The summed E-state index contributed by atoms with van der Waals surface area (Å²) >= 11 is 0. The van der Waals surface area contributed by atoms with E-state index in [1.165, 1.54) is 51.4 Å². The van der Waals surface area contributed by atoms with E-state index in [0.717, 1.165) is 84.2 Å². The molecule has 8 nitrogen and oxygen atoms in total. The molecule has 4 aliphatic carbocycles. The third-order valence-corrected chi connectivity index (χ3v) is 14.2. The van der Waals surface area contributed by atoms with E-state index in [-0.39, 0.29) is 28.9 Å². The van der Waals surface area contributed by atoms with Crippen LogP contribution in [0.4, 0.5) is 0 Å². The van der Waals surface area contributed by atoms with E-state index < -0.39 is 0 Å². The fourth-order valence-electron chi connectivity index (χ4n) is 11.4. The first kappa shape index (κ1) is 41.0. The Morgan fingerprint density at radius 3 is 2.18 bits per heavy atom. The molecule has 49 heavy (non-hydrogen) atoms. The molecule has 11 atom stereocenters. The molecule has 0 bridgehead atoms. The maximum absolute atomic E-state index is 12.9. The van der Waals surface area contributed by atoms with E-state index in [9.17, 15) is 4.79 Å². The summed E-state index contributed by atoms with van der Waals surface area (Å²) in [6.07, 6.45) is 20.8. The normalized spacial score (nSPS) is 36.1. The van der Waals surface area contributed by atoms with Gasteiger partial charge in [-0.3, -0.25) is 4.79 Å². The Kier molecular flexibility index (Phi) is 17.1. The number of hydrogen-bond acceptors (Lipinski definition) is 7. The van der Waals surface area contributed by atoms with Gasteiger partial charge in [-0.05, 0) is 138 Å². The molecule has 1 amide bonds. The van der Waals surface area contributed by atoms with Gasteiger partial charge in [0.2, 0.25) is 5.91 Å². The lowest BCUT2D eigenvalue weighted by Crippen LogP contribution is -2.63. The van der Waals surface area contributed by atoms with Gasteiger partial charge in [-0.25, -0.2) is 0 Å². The minimum atomic E-state index is 0.0609. The third-order valence-electron chi connectivity index (χ3n) is 14.2. The molecule has 0 aromatic rings. The van der Waals surface area contributed by atoms with Crippen molar-refractivity contribution in [3.8, 4) is 0 Å². The van der Waals surface area contributed by atoms with Gasteiger partial charge in [-0.15, -0.1) is 0 Å². The van der Waals surface area contributed by atoms with Crippen LogP contribution in [-0.4, -0.2) is 70.2 Å². The lowest BCUT2D eigenvalue weighted by atomic mass is 9.43. The van der Waals surface area contributed by atoms with Crippen LogP contribution in [0, 0.1) is 46.3 Å². The van der Waals surface area contributed by atoms with Crippen molar-refractivity contribution in [3.05, 3.63) is 0 Å². The molecule has 4 saturated carbocycles. The molecule has 0 saturated heterocycles. The second kappa shape index (κ2) is 20.5. The van der Waals surface area contributed by atoms with Crippen molar-refractivity contribution in [1.82, 2.24) is 5.32 Å². The van der Waals surface area contributed by atoms with Crippen LogP contribution in [0.3, 0.4) is 0 Å². The SMILES string of the molecule is CCCCCCCCNC(=O)CC[C@@H](C)[C@H]1CC[C@H]2C3C(OCCCN)CC4C[C@H](OCCCN)CC[C@]4(C)[C@H]3C[C@H](OCCCN)[C@]12C. The first-order valence-electron chi connectivity index (χ1n) is 21.0. The Labute approximate surface area is 300 Å². The highest BCUT2D eigenvalue weighted by molar-refractivity contribution is 5.75. The van der Waals surface area contributed by atoms with Crippen molar-refractivity contribution in [2.24, 2.45) is 63.5 Å². The minimum absolute atomic E-state index is 0.0609. The Morgan fingerprint density at radius 2 is 1.47 bits per heavy atom. The van der Waals surface area contributed by atoms with Gasteiger partial charge < -0.3 is 36.7 Å². The van der Waals surface area contributed by atoms with Crippen molar-refractivity contribution < 1.29 is 19.0 Å². The van der Waals surface area contributed by atoms with Gasteiger partial charge >= 0.3 is 0 Å². The molecule has 0 aromatic heterocycles. The quantitative estimate of drug-likeness (QED) is 0.0852. The highest BCUT2D eigenvalue weighted by Crippen LogP contribution is 2.69. The fraction of sp³-hybridized carbons (Fsp3) is 0.976. The summed E-state index contributed by atoms with van der Waals surface area (Å²) in [5, 5.41) is 3.23. The Balaban J connectivity index is 1.49. The summed E-state index contributed by atoms with van der Waals surface area (Å²) in [5.74, 6) is 3.48. The first-order chi connectivity index (χ1) is 23.7. The Bertz CT molecular complexity index is 954. The second-order valence-corrected chi connectivity index (χ2v) is 17.1. The molecule has 8 heteroatoms. The van der Waals surface area contributed by atoms with Crippen LogP contribution in [-0.2, 0) is 19.0 Å². The van der Waals surface area contributed by atoms with Crippen molar-refractivity contribution in [2.75, 3.05) is 46.0 Å². The van der Waals surface area contributed by atoms with E-state index in [1.54, 1.807) is 0 Å². The van der Waals surface area contributed by atoms with Crippen LogP contribution < -0.4 is 22.5 Å². The number of fused-ring (bicyclic) bond motifs is 5. The van der Waals surface area contributed by atoms with Crippen molar-refractivity contribution in [1.29, 1.82) is 0 Å². The van der Waals surface area contributed by atoms with Crippen molar-refractivity contribution in [3.63, 3.8) is 0 Å². The predicted molar refractivity (Wildman–Crippen MR) is 201 cm³/mol. The monoisotopic (exact) mass is 691 g/mol. The molecular weight excluding hydrogens is 612 g/mol. The molecule has 0 aliphatic heterocycles. The van der Waals surface area contributed by atoms with Crippen LogP contribution in [0.1, 0.15) is 143 Å². The van der Waals surface area contributed by atoms with Crippen LogP contribution in [0.2, 0.25) is 0 Å². The lowest BCUT2D eigenvalue weighted by Gasteiger charge is -2.65. The molecule has 0 radical (unpaired) electrons. The molecule has 286 valence electrons. The largest absolute Gasteiger partial charge is 0.378 e. The number of ether oxygens (including phenoxy) is 3. The summed E-state index contributed by atoms with van der Waals surface area (Å²) in [5.41, 5.74) is 18.1. The zero-order valence-corrected chi connectivity index (χ0v) is 32.2. The molecule has 4 fully saturated rings. The number of carbonyl (C=O) groups is 1. The van der Waals surface area contributed by atoms with Gasteiger partial charge in [0, 0.05) is 38.2 Å². The number of hydrogen-bond donors (Lipinski definition) is 4. The van der Waals surface area contributed by atoms with Crippen LogP contribution >= 0.6 is 0 Å². The van der Waals surface area contributed by atoms with Gasteiger partial charge in [-0.2, -0.15) is 0 Å². The second-order valence-electron chi connectivity index (χ2n) is 17.1. The van der Waals surface area contributed by atoms with Crippen LogP contribution in [0.5, 0.6) is 0 Å². The van der Waals surface area contributed by atoms with Gasteiger partial charge in [0.25, 0.3) is 0 Å². The van der Waals surface area contributed by atoms with Crippen molar-refractivity contribution in [2.45, 2.75) is 162 Å². The summed E-state index contributed by atoms with van der Waals surface area (Å²) < 4.78 is 20.3. The lowest BCUT2D eigenvalue weighted by molar-refractivity contribution is -0.227. The smallest absolute Gasteiger partial charge is 0.220 e. The van der Waals surface area contributed by atoms with E-state index in [2.05, 4.69) is 33.0 Å². The molecule has 3 unspecified atom stereocenters. The average Bonchev–Trinajstić information content (AvgIpc) is 3.45. The summed E-state index contributed by atoms with van der Waals surface area (Å²) in [6, 6.07) is 0. The minimum Gasteiger partial charge on any atom is -0.378 e. The molecular formula is C41H78N4O4. The zero-order chi connectivity index (χ0) is 35.3. The van der Waals surface area contributed by atoms with Crippen molar-refractivity contribution >= 4 is 5.91 Å². The predicted octanol–water partition coefficient (Wildman–Crippen LogP) is 6.96. The first-order valence-corrected chi connectivity index (χ1v) is 21.0. The number of unbranched alkanes of at least 4 members (excludes halogenated alkanes) is 5. The number of carbonyl (C=O) groups excluding carboxylic acids is 1. The number of rotatable bonds is 23. The maximum atomic E-state index is 12.9. The van der Waals surface area contributed by atoms with Gasteiger partial charge in [0.1, 0.15) is 0 Å². The number of amides is 1. The zero-order valence-electron chi connectivity index (χ0n) is 32.2. The fourth-order valence-corrected chi connectivity index (χ4v) is 11.4. The highest BCUT2D eigenvalue weighted by Gasteiger charge is 2.66. The molecule has 0 aromatic carbocycles. The number of nitrogens with two attached hydrogens (primary N) is 3. The summed E-state index contributed by atoms with van der Waals surface area (Å²) in [7, 11) is 0. The molecule has 4 aliphatic rings. The van der Waals surface area contributed by atoms with E-state index in [1.807, 2.05) is 0 Å².